The second-order valence-electron chi connectivity index (χ2n) is 8.79. The summed E-state index contributed by atoms with van der Waals surface area (Å²) < 4.78 is 5.55. The number of anilines is 1. The Morgan fingerprint density at radius 3 is 2.72 bits per heavy atom. The summed E-state index contributed by atoms with van der Waals surface area (Å²) in [5.41, 5.74) is 0. The van der Waals surface area contributed by atoms with Crippen LogP contribution in [-0.2, 0) is 9.53 Å². The van der Waals surface area contributed by atoms with E-state index in [2.05, 4.69) is 26.5 Å². The Balaban J connectivity index is 1.12. The summed E-state index contributed by atoms with van der Waals surface area (Å²) in [6, 6.07) is 7.96. The first-order valence-corrected chi connectivity index (χ1v) is 12.3. The van der Waals surface area contributed by atoms with E-state index in [1.54, 1.807) is 17.5 Å². The van der Waals surface area contributed by atoms with Gasteiger partial charge < -0.3 is 19.9 Å². The van der Waals surface area contributed by atoms with Crippen LogP contribution in [0.4, 0.5) is 5.82 Å². The maximum Gasteiger partial charge on any atom is 0.261 e. The van der Waals surface area contributed by atoms with Gasteiger partial charge >= 0.3 is 0 Å². The van der Waals surface area contributed by atoms with Crippen molar-refractivity contribution in [3.8, 4) is 0 Å². The molecule has 5 rings (SSSR count). The quantitative estimate of drug-likeness (QED) is 0.745. The molecule has 0 spiro atoms. The van der Waals surface area contributed by atoms with Crippen LogP contribution in [0, 0.1) is 0 Å². The predicted octanol–water partition coefficient (Wildman–Crippen LogP) is 2.43. The van der Waals surface area contributed by atoms with Crippen LogP contribution >= 0.6 is 11.3 Å². The number of carbonyl (C=O) groups is 2. The van der Waals surface area contributed by atoms with Gasteiger partial charge in [-0.05, 0) is 62.3 Å². The average molecular weight is 456 g/mol. The monoisotopic (exact) mass is 455 g/mol. The van der Waals surface area contributed by atoms with Crippen molar-refractivity contribution in [1.29, 1.82) is 0 Å². The average Bonchev–Trinajstić information content (AvgIpc) is 3.61. The summed E-state index contributed by atoms with van der Waals surface area (Å²) in [5.74, 6) is 1.42. The molecule has 0 saturated carbocycles. The first kappa shape index (κ1) is 21.3. The first-order valence-electron chi connectivity index (χ1n) is 11.5. The number of nitrogens with one attached hydrogen (secondary N) is 1. The third-order valence-electron chi connectivity index (χ3n) is 6.67. The topological polar surface area (TPSA) is 87.7 Å². The summed E-state index contributed by atoms with van der Waals surface area (Å²) in [6.07, 6.45) is 6.04. The van der Waals surface area contributed by atoms with Crippen molar-refractivity contribution in [2.75, 3.05) is 37.7 Å². The van der Waals surface area contributed by atoms with Gasteiger partial charge in [-0.1, -0.05) is 0 Å². The molecule has 8 nitrogen and oxygen atoms in total. The number of carbonyl (C=O) groups excluding carboxylic acids is 2. The number of ether oxygens (including phenoxy) is 1. The fraction of sp³-hybridized carbons (Fsp3) is 0.565. The lowest BCUT2D eigenvalue weighted by Gasteiger charge is -2.33. The van der Waals surface area contributed by atoms with Crippen molar-refractivity contribution in [2.45, 2.75) is 50.2 Å². The maximum absolute atomic E-state index is 12.8. The molecule has 3 fully saturated rings. The Labute approximate surface area is 191 Å². The Morgan fingerprint density at radius 1 is 1.09 bits per heavy atom. The molecule has 2 amide bonds. The highest BCUT2D eigenvalue weighted by molar-refractivity contribution is 7.14. The number of hydrogen-bond acceptors (Lipinski definition) is 7. The van der Waals surface area contributed by atoms with Gasteiger partial charge in [0.15, 0.2) is 5.82 Å². The third-order valence-corrected chi connectivity index (χ3v) is 7.92. The van der Waals surface area contributed by atoms with E-state index in [9.17, 15) is 9.59 Å². The smallest absolute Gasteiger partial charge is 0.261 e. The largest absolute Gasteiger partial charge is 0.368 e. The van der Waals surface area contributed by atoms with Gasteiger partial charge in [-0.15, -0.1) is 16.4 Å². The number of piperidine rings is 1. The van der Waals surface area contributed by atoms with E-state index in [0.29, 0.717) is 12.5 Å². The molecule has 5 heterocycles. The van der Waals surface area contributed by atoms with Crippen molar-refractivity contribution in [3.63, 3.8) is 0 Å². The van der Waals surface area contributed by atoms with Gasteiger partial charge in [-0.3, -0.25) is 9.59 Å². The van der Waals surface area contributed by atoms with Gasteiger partial charge in [0.05, 0.1) is 4.88 Å². The Bertz CT molecular complexity index is 938. The molecule has 170 valence electrons. The van der Waals surface area contributed by atoms with E-state index in [0.717, 1.165) is 69.0 Å². The van der Waals surface area contributed by atoms with E-state index in [4.69, 9.17) is 4.74 Å². The molecule has 2 aromatic heterocycles. The number of amides is 2. The van der Waals surface area contributed by atoms with Crippen LogP contribution in [-0.4, -0.2) is 71.8 Å². The van der Waals surface area contributed by atoms with Gasteiger partial charge in [-0.2, -0.15) is 5.10 Å². The summed E-state index contributed by atoms with van der Waals surface area (Å²) in [5, 5.41) is 11.3. The van der Waals surface area contributed by atoms with E-state index >= 15 is 0 Å². The molecule has 32 heavy (non-hydrogen) atoms. The number of rotatable bonds is 5. The van der Waals surface area contributed by atoms with E-state index in [-0.39, 0.29) is 24.0 Å². The van der Waals surface area contributed by atoms with Crippen molar-refractivity contribution < 1.29 is 14.3 Å². The van der Waals surface area contributed by atoms with Crippen LogP contribution in [0.5, 0.6) is 0 Å². The van der Waals surface area contributed by atoms with Crippen LogP contribution < -0.4 is 10.2 Å². The highest BCUT2D eigenvalue weighted by Crippen LogP contribution is 2.33. The molecule has 0 aliphatic carbocycles. The summed E-state index contributed by atoms with van der Waals surface area (Å²) in [6.45, 7) is 3.85. The zero-order valence-corrected chi connectivity index (χ0v) is 18.9. The Hall–Kier alpha value is -2.52. The lowest BCUT2D eigenvalue weighted by atomic mass is 9.95. The molecule has 2 atom stereocenters. The number of hydrogen-bond donors (Lipinski definition) is 1. The Morgan fingerprint density at radius 2 is 1.97 bits per heavy atom. The van der Waals surface area contributed by atoms with Crippen LogP contribution in [0.1, 0.15) is 52.6 Å². The second-order valence-corrected chi connectivity index (χ2v) is 9.91. The molecule has 1 N–H and O–H groups in total. The molecule has 0 unspecified atom stereocenters. The lowest BCUT2D eigenvalue weighted by molar-refractivity contribution is -0.142. The molecule has 0 radical (unpaired) electrons. The molecule has 2 aromatic rings. The number of nitrogens with zero attached hydrogens (tertiary/aromatic N) is 4. The van der Waals surface area contributed by atoms with Gasteiger partial charge in [-0.25, -0.2) is 0 Å². The van der Waals surface area contributed by atoms with Crippen molar-refractivity contribution in [1.82, 2.24) is 20.4 Å². The van der Waals surface area contributed by atoms with E-state index in [1.807, 2.05) is 23.1 Å². The van der Waals surface area contributed by atoms with Crippen molar-refractivity contribution >= 4 is 29.0 Å². The standard InChI is InChI=1S/C23H29N5O3S/c29-22(25-17-9-13-28(15-17)21-4-1-10-24-26-21)20-6-5-19(32-20)16-7-11-27(12-8-16)23(30)18-3-2-14-31-18/h1,4-6,10,16-18H,2-3,7-9,11-15H2,(H,25,29)/t17-,18+/m0/s1. The summed E-state index contributed by atoms with van der Waals surface area (Å²) >= 11 is 1.59. The van der Waals surface area contributed by atoms with E-state index < -0.39 is 0 Å². The molecule has 3 saturated heterocycles. The Kier molecular flexibility index (Phi) is 6.36. The zero-order valence-electron chi connectivity index (χ0n) is 18.1. The van der Waals surface area contributed by atoms with Crippen molar-refractivity contribution in [2.24, 2.45) is 0 Å². The minimum Gasteiger partial charge on any atom is -0.368 e. The minimum absolute atomic E-state index is 0.00163. The SMILES string of the molecule is O=C(N[C@H]1CCN(c2cccnn2)C1)c1ccc(C2CCN(C(=O)[C@H]3CCCO3)CC2)s1. The van der Waals surface area contributed by atoms with Crippen molar-refractivity contribution in [3.05, 3.63) is 40.2 Å². The van der Waals surface area contributed by atoms with Crippen LogP contribution in [0.25, 0.3) is 0 Å². The van der Waals surface area contributed by atoms with Crippen LogP contribution in [0.15, 0.2) is 30.5 Å². The van der Waals surface area contributed by atoms with Crippen LogP contribution in [0.3, 0.4) is 0 Å². The molecule has 3 aliphatic rings. The fourth-order valence-corrected chi connectivity index (χ4v) is 5.94. The fourth-order valence-electron chi connectivity index (χ4n) is 4.86. The van der Waals surface area contributed by atoms with Gasteiger partial charge in [0.25, 0.3) is 11.8 Å². The van der Waals surface area contributed by atoms with E-state index in [1.165, 1.54) is 4.88 Å². The molecule has 0 bridgehead atoms. The molecule has 3 aliphatic heterocycles. The van der Waals surface area contributed by atoms with Gasteiger partial charge in [0, 0.05) is 49.9 Å². The minimum atomic E-state index is -0.232. The normalized spacial score (nSPS) is 24.1. The molecule has 9 heteroatoms. The number of thiophene rings is 1. The zero-order chi connectivity index (χ0) is 21.9. The highest BCUT2D eigenvalue weighted by Gasteiger charge is 2.32. The van der Waals surface area contributed by atoms with Gasteiger partial charge in [0.1, 0.15) is 6.10 Å². The first-order chi connectivity index (χ1) is 15.7. The predicted molar refractivity (Wildman–Crippen MR) is 122 cm³/mol. The maximum atomic E-state index is 12.8. The highest BCUT2D eigenvalue weighted by atomic mass is 32.1. The second kappa shape index (κ2) is 9.54. The molecule has 0 aromatic carbocycles. The molecular formula is C23H29N5O3S. The summed E-state index contributed by atoms with van der Waals surface area (Å²) in [4.78, 5) is 31.5. The summed E-state index contributed by atoms with van der Waals surface area (Å²) in [7, 11) is 0. The third kappa shape index (κ3) is 4.63. The van der Waals surface area contributed by atoms with Gasteiger partial charge in [0.2, 0.25) is 0 Å². The number of aromatic nitrogens is 2. The van der Waals surface area contributed by atoms with Crippen LogP contribution in [0.2, 0.25) is 0 Å². The lowest BCUT2D eigenvalue weighted by Crippen LogP contribution is -2.43. The number of likely N-dealkylation sites (tertiary alicyclic amines) is 1. The molecular weight excluding hydrogens is 426 g/mol.